The summed E-state index contributed by atoms with van der Waals surface area (Å²) >= 11 is 0. The van der Waals surface area contributed by atoms with E-state index in [0.29, 0.717) is 11.8 Å². The smallest absolute Gasteiger partial charge is 0.0283 e. The van der Waals surface area contributed by atoms with E-state index in [9.17, 15) is 0 Å². The maximum absolute atomic E-state index is 3.15. The van der Waals surface area contributed by atoms with Crippen LogP contribution < -0.4 is 0 Å². The number of rotatable bonds is 1. The van der Waals surface area contributed by atoms with E-state index < -0.39 is 0 Å². The van der Waals surface area contributed by atoms with Gasteiger partial charge in [0.25, 0.3) is 0 Å². The van der Waals surface area contributed by atoms with Gasteiger partial charge in [-0.25, -0.2) is 0 Å². The fourth-order valence-electron chi connectivity index (χ4n) is 0.743. The third-order valence-electron chi connectivity index (χ3n) is 1.32. The predicted octanol–water partition coefficient (Wildman–Crippen LogP) is 3.09. The van der Waals surface area contributed by atoms with Crippen LogP contribution in [0.3, 0.4) is 0 Å². The first kappa shape index (κ1) is 11.1. The van der Waals surface area contributed by atoms with Gasteiger partial charge in [0.05, 0.1) is 0 Å². The molecule has 0 aromatic heterocycles. The summed E-state index contributed by atoms with van der Waals surface area (Å²) in [7, 11) is 0. The molecule has 0 aliphatic rings. The van der Waals surface area contributed by atoms with Gasteiger partial charge in [-0.1, -0.05) is 33.6 Å². The van der Waals surface area contributed by atoms with E-state index in [1.54, 1.807) is 0 Å². The van der Waals surface area contributed by atoms with Crippen molar-refractivity contribution in [3.8, 4) is 23.7 Å². The lowest BCUT2D eigenvalue weighted by Gasteiger charge is -1.94. The molecule has 0 radical (unpaired) electrons. The predicted molar refractivity (Wildman–Crippen MR) is 54.5 cm³/mol. The molecule has 0 N–H and O–H groups in total. The van der Waals surface area contributed by atoms with E-state index in [0.717, 1.165) is 12.8 Å². The van der Waals surface area contributed by atoms with Crippen molar-refractivity contribution in [2.75, 3.05) is 0 Å². The van der Waals surface area contributed by atoms with Gasteiger partial charge in [0.15, 0.2) is 0 Å². The Morgan fingerprint density at radius 3 is 2.17 bits per heavy atom. The Kier molecular flexibility index (Phi) is 6.31. The van der Waals surface area contributed by atoms with Gasteiger partial charge < -0.3 is 0 Å². The molecule has 1 unspecified atom stereocenters. The molecule has 0 bridgehead atoms. The standard InChI is InChI=1S/C12H18/c1-5-6-9-12(4)10-7-8-11(2)3/h11-12H,5,10H2,1-4H3. The topological polar surface area (TPSA) is 0 Å². The monoisotopic (exact) mass is 162 g/mol. The SMILES string of the molecule is CCC#CC(C)CC#CC(C)C. The minimum Gasteiger partial charge on any atom is -0.103 e. The zero-order valence-electron chi connectivity index (χ0n) is 8.57. The molecule has 0 rings (SSSR count). The van der Waals surface area contributed by atoms with Crippen LogP contribution in [-0.4, -0.2) is 0 Å². The molecule has 0 aromatic carbocycles. The molecule has 12 heavy (non-hydrogen) atoms. The molecule has 0 fully saturated rings. The zero-order valence-corrected chi connectivity index (χ0v) is 8.57. The molecule has 0 saturated carbocycles. The highest BCUT2D eigenvalue weighted by Gasteiger charge is 1.91. The van der Waals surface area contributed by atoms with Crippen molar-refractivity contribution in [3.05, 3.63) is 0 Å². The summed E-state index contributed by atoms with van der Waals surface area (Å²) in [6, 6.07) is 0. The Morgan fingerprint density at radius 2 is 1.67 bits per heavy atom. The zero-order chi connectivity index (χ0) is 9.40. The maximum Gasteiger partial charge on any atom is 0.0283 e. The van der Waals surface area contributed by atoms with E-state index in [1.807, 2.05) is 0 Å². The number of hydrogen-bond donors (Lipinski definition) is 0. The molecule has 0 aliphatic carbocycles. The van der Waals surface area contributed by atoms with Crippen LogP contribution in [0.2, 0.25) is 0 Å². The second kappa shape index (κ2) is 6.81. The van der Waals surface area contributed by atoms with E-state index in [1.165, 1.54) is 0 Å². The summed E-state index contributed by atoms with van der Waals surface area (Å²) in [6.45, 7) is 8.40. The summed E-state index contributed by atoms with van der Waals surface area (Å²) in [5, 5.41) is 0. The van der Waals surface area contributed by atoms with Crippen molar-refractivity contribution in [3.63, 3.8) is 0 Å². The average molecular weight is 162 g/mol. The van der Waals surface area contributed by atoms with Crippen LogP contribution >= 0.6 is 0 Å². The van der Waals surface area contributed by atoms with Gasteiger partial charge in [0, 0.05) is 24.7 Å². The van der Waals surface area contributed by atoms with Crippen LogP contribution in [0, 0.1) is 35.5 Å². The highest BCUT2D eigenvalue weighted by molar-refractivity contribution is 5.09. The van der Waals surface area contributed by atoms with Crippen LogP contribution in [0.4, 0.5) is 0 Å². The van der Waals surface area contributed by atoms with Crippen molar-refractivity contribution in [1.82, 2.24) is 0 Å². The second-order valence-electron chi connectivity index (χ2n) is 3.26. The normalized spacial score (nSPS) is 11.1. The quantitative estimate of drug-likeness (QED) is 0.520. The van der Waals surface area contributed by atoms with E-state index in [-0.39, 0.29) is 0 Å². The van der Waals surface area contributed by atoms with Crippen LogP contribution in [0.25, 0.3) is 0 Å². The van der Waals surface area contributed by atoms with Gasteiger partial charge in [0.1, 0.15) is 0 Å². The molecule has 1 atom stereocenters. The highest BCUT2D eigenvalue weighted by atomic mass is 13.9. The van der Waals surface area contributed by atoms with Crippen LogP contribution in [0.5, 0.6) is 0 Å². The Bertz CT molecular complexity index is 214. The Morgan fingerprint density at radius 1 is 1.00 bits per heavy atom. The first-order valence-electron chi connectivity index (χ1n) is 4.63. The van der Waals surface area contributed by atoms with Crippen molar-refractivity contribution >= 4 is 0 Å². The molecule has 0 aromatic rings. The number of hydrogen-bond acceptors (Lipinski definition) is 0. The van der Waals surface area contributed by atoms with E-state index >= 15 is 0 Å². The van der Waals surface area contributed by atoms with Crippen molar-refractivity contribution in [2.24, 2.45) is 11.8 Å². The molecular weight excluding hydrogens is 144 g/mol. The van der Waals surface area contributed by atoms with Crippen LogP contribution in [-0.2, 0) is 0 Å². The van der Waals surface area contributed by atoms with Gasteiger partial charge in [0.2, 0.25) is 0 Å². The average Bonchev–Trinajstić information content (AvgIpc) is 2.00. The molecule has 0 aliphatic heterocycles. The summed E-state index contributed by atoms with van der Waals surface area (Å²) in [5.41, 5.74) is 0. The first-order chi connectivity index (χ1) is 5.66. The third kappa shape index (κ3) is 7.23. The van der Waals surface area contributed by atoms with Gasteiger partial charge in [-0.15, -0.1) is 17.8 Å². The fourth-order valence-corrected chi connectivity index (χ4v) is 0.743. The lowest BCUT2D eigenvalue weighted by Crippen LogP contribution is -1.87. The van der Waals surface area contributed by atoms with Crippen LogP contribution in [0.15, 0.2) is 0 Å². The summed E-state index contributed by atoms with van der Waals surface area (Å²) in [5.74, 6) is 13.4. The lowest BCUT2D eigenvalue weighted by molar-refractivity contribution is 0.782. The molecule has 0 heterocycles. The first-order valence-corrected chi connectivity index (χ1v) is 4.63. The van der Waals surface area contributed by atoms with Gasteiger partial charge >= 0.3 is 0 Å². The fraction of sp³-hybridized carbons (Fsp3) is 0.667. The lowest BCUT2D eigenvalue weighted by atomic mass is 10.1. The minimum absolute atomic E-state index is 0.427. The van der Waals surface area contributed by atoms with Gasteiger partial charge in [-0.05, 0) is 0 Å². The molecule has 0 nitrogen and oxygen atoms in total. The van der Waals surface area contributed by atoms with E-state index in [4.69, 9.17) is 0 Å². The van der Waals surface area contributed by atoms with E-state index in [2.05, 4.69) is 51.4 Å². The largest absolute Gasteiger partial charge is 0.103 e. The molecule has 0 amide bonds. The van der Waals surface area contributed by atoms with Crippen LogP contribution in [0.1, 0.15) is 40.5 Å². The van der Waals surface area contributed by atoms with Gasteiger partial charge in [-0.2, -0.15) is 0 Å². The van der Waals surface area contributed by atoms with Gasteiger partial charge in [-0.3, -0.25) is 0 Å². The third-order valence-corrected chi connectivity index (χ3v) is 1.32. The second-order valence-corrected chi connectivity index (χ2v) is 3.26. The molecule has 0 saturated heterocycles. The minimum atomic E-state index is 0.427. The maximum atomic E-state index is 3.15. The van der Waals surface area contributed by atoms with Crippen molar-refractivity contribution < 1.29 is 0 Å². The highest BCUT2D eigenvalue weighted by Crippen LogP contribution is 1.98. The summed E-state index contributed by atoms with van der Waals surface area (Å²) in [4.78, 5) is 0. The van der Waals surface area contributed by atoms with Crippen molar-refractivity contribution in [2.45, 2.75) is 40.5 Å². The summed E-state index contributed by atoms with van der Waals surface area (Å²) < 4.78 is 0. The Hall–Kier alpha value is -0.880. The Balaban J connectivity index is 3.73. The molecular formula is C12H18. The summed E-state index contributed by atoms with van der Waals surface area (Å²) in [6.07, 6.45) is 1.85. The molecule has 66 valence electrons. The van der Waals surface area contributed by atoms with Crippen molar-refractivity contribution in [1.29, 1.82) is 0 Å². The molecule has 0 heteroatoms. The molecule has 0 spiro atoms. The Labute approximate surface area is 76.8 Å².